The van der Waals surface area contributed by atoms with Crippen molar-refractivity contribution in [3.05, 3.63) is 52.0 Å². The molecule has 0 bridgehead atoms. The highest BCUT2D eigenvalue weighted by atomic mass is 32.1. The number of aromatic nitrogens is 1. The Kier molecular flexibility index (Phi) is 14.4. The van der Waals surface area contributed by atoms with Gasteiger partial charge in [-0.25, -0.2) is 4.98 Å². The SMILES string of the molecule is CC[C@H]1CCC[C@H](O[C@H]2CC[C@H](N(C)C)C(C)O2)[C@@H](C)C(=O)C2=C[C@H]3[C@@H]4C[C@H](O[C@@H]5OC(C)[C@H](OC)C(OC)[C@@H]5OC)C[C@H]4c4sc(-c5cccc(C)c5)nc4[C@H]3[C@@H]2CC(=O)O1. The van der Waals surface area contributed by atoms with Crippen LogP contribution < -0.4 is 0 Å². The fourth-order valence-corrected chi connectivity index (χ4v) is 13.3. The highest BCUT2D eigenvalue weighted by Crippen LogP contribution is 2.63. The number of carbonyl (C=O) groups excluding carboxylic acids is 2. The second-order valence-electron chi connectivity index (χ2n) is 19.1. The molecule has 3 aliphatic carbocycles. The molecule has 62 heavy (non-hydrogen) atoms. The van der Waals surface area contributed by atoms with Crippen LogP contribution in [-0.4, -0.2) is 125 Å². The number of Topliss-reactive ketones (excluding diaryl/α,β-unsaturated/α-hetero) is 1. The largest absolute Gasteiger partial charge is 0.462 e. The number of thiazole rings is 1. The summed E-state index contributed by atoms with van der Waals surface area (Å²) in [6, 6.07) is 8.80. The highest BCUT2D eigenvalue weighted by Gasteiger charge is 2.57. The summed E-state index contributed by atoms with van der Waals surface area (Å²) < 4.78 is 50.6. The molecule has 0 spiro atoms. The zero-order chi connectivity index (χ0) is 44.0. The molecule has 1 aromatic carbocycles. The molecule has 3 saturated heterocycles. The minimum absolute atomic E-state index is 0.0104. The number of carbonyl (C=O) groups is 2. The standard InChI is InChI=1S/C49H70N2O10S/c1-11-30-16-13-17-38(61-40-19-18-37(51(6)7)27(4)57-40)26(3)43(53)35-23-33-32-21-31(60-49-46(56-10)45(55-9)44(54-8)28(5)58-49)22-36(32)47-42(41(33)34(35)24-39(52)59-30)50-48(62-47)29-15-12-14-25(2)20-29/h12,14-15,20,23,26-28,30-34,36-38,40-41,44-46,49H,11,13,16-19,21-22,24H2,1-10H3/t26-,27?,28?,30+,31+,32+,33+,34-,36-,37+,38+,40+,41-,44+,45?,46+,49+/m1/s1. The number of esters is 1. The van der Waals surface area contributed by atoms with Crippen molar-refractivity contribution >= 4 is 23.1 Å². The monoisotopic (exact) mass is 878 g/mol. The van der Waals surface area contributed by atoms with E-state index in [1.54, 1.807) is 32.7 Å². The van der Waals surface area contributed by atoms with Crippen molar-refractivity contribution < 1.29 is 47.5 Å². The Bertz CT molecular complexity index is 1920. The first kappa shape index (κ1) is 46.0. The van der Waals surface area contributed by atoms with Crippen LogP contribution in [-0.2, 0) is 47.5 Å². The van der Waals surface area contributed by atoms with Crippen molar-refractivity contribution in [2.24, 2.45) is 23.7 Å². The molecule has 3 aliphatic heterocycles. The van der Waals surface area contributed by atoms with Crippen molar-refractivity contribution in [3.63, 3.8) is 0 Å². The number of fused-ring (bicyclic) bond motifs is 8. The lowest BCUT2D eigenvalue weighted by Gasteiger charge is -2.44. The molecule has 342 valence electrons. The Morgan fingerprint density at radius 1 is 0.887 bits per heavy atom. The van der Waals surface area contributed by atoms with Gasteiger partial charge in [0.05, 0.1) is 36.5 Å². The molecule has 0 radical (unpaired) electrons. The van der Waals surface area contributed by atoms with Crippen LogP contribution in [0.1, 0.15) is 113 Å². The molecule has 4 fully saturated rings. The molecule has 0 N–H and O–H groups in total. The molecule has 0 amide bonds. The number of benzene rings is 1. The van der Waals surface area contributed by atoms with E-state index in [1.807, 2.05) is 13.8 Å². The minimum Gasteiger partial charge on any atom is -0.462 e. The molecule has 1 saturated carbocycles. The molecule has 3 unspecified atom stereocenters. The predicted molar refractivity (Wildman–Crippen MR) is 236 cm³/mol. The molecule has 12 nitrogen and oxygen atoms in total. The number of methoxy groups -OCH3 is 3. The highest BCUT2D eigenvalue weighted by molar-refractivity contribution is 7.15. The van der Waals surface area contributed by atoms with Crippen LogP contribution in [0.4, 0.5) is 0 Å². The van der Waals surface area contributed by atoms with E-state index in [0.29, 0.717) is 12.5 Å². The second-order valence-corrected chi connectivity index (χ2v) is 20.2. The van der Waals surface area contributed by atoms with Gasteiger partial charge in [0, 0.05) is 61.5 Å². The fourth-order valence-electron chi connectivity index (χ4n) is 12.0. The van der Waals surface area contributed by atoms with Gasteiger partial charge in [0.2, 0.25) is 0 Å². The maximum atomic E-state index is 15.2. The smallest absolute Gasteiger partial charge is 0.306 e. The Morgan fingerprint density at radius 3 is 2.35 bits per heavy atom. The molecule has 13 heteroatoms. The third kappa shape index (κ3) is 9.01. The number of ether oxygens (including phenoxy) is 8. The predicted octanol–water partition coefficient (Wildman–Crippen LogP) is 8.00. The number of rotatable bonds is 10. The lowest BCUT2D eigenvalue weighted by Crippen LogP contribution is -2.59. The van der Waals surface area contributed by atoms with Gasteiger partial charge >= 0.3 is 5.97 Å². The van der Waals surface area contributed by atoms with E-state index in [2.05, 4.69) is 70.1 Å². The van der Waals surface area contributed by atoms with Crippen LogP contribution >= 0.6 is 11.3 Å². The van der Waals surface area contributed by atoms with Gasteiger partial charge in [-0.05, 0) is 110 Å². The van der Waals surface area contributed by atoms with E-state index in [9.17, 15) is 4.79 Å². The van der Waals surface area contributed by atoms with E-state index in [4.69, 9.17) is 42.9 Å². The maximum Gasteiger partial charge on any atom is 0.306 e. The third-order valence-corrected chi connectivity index (χ3v) is 16.4. The average Bonchev–Trinajstić information content (AvgIpc) is 3.97. The summed E-state index contributed by atoms with van der Waals surface area (Å²) in [7, 11) is 9.18. The average molecular weight is 879 g/mol. The number of ketones is 1. The van der Waals surface area contributed by atoms with E-state index in [-0.39, 0.29) is 96.8 Å². The summed E-state index contributed by atoms with van der Waals surface area (Å²) in [6.45, 7) is 10.3. The van der Waals surface area contributed by atoms with Gasteiger partial charge in [-0.2, -0.15) is 0 Å². The topological polar surface area (TPSA) is 124 Å². The molecule has 17 atom stereocenters. The first-order valence-electron chi connectivity index (χ1n) is 23.2. The van der Waals surface area contributed by atoms with Gasteiger partial charge in [-0.3, -0.25) is 9.59 Å². The third-order valence-electron chi connectivity index (χ3n) is 15.2. The Hall–Kier alpha value is -2.59. The van der Waals surface area contributed by atoms with E-state index < -0.39 is 18.3 Å². The minimum atomic E-state index is -0.654. The molecular weight excluding hydrogens is 809 g/mol. The van der Waals surface area contributed by atoms with Crippen molar-refractivity contribution in [3.8, 4) is 10.6 Å². The Labute approximate surface area is 372 Å². The van der Waals surface area contributed by atoms with Crippen LogP contribution in [0.5, 0.6) is 0 Å². The number of hydrogen-bond donors (Lipinski definition) is 0. The molecule has 6 aliphatic rings. The van der Waals surface area contributed by atoms with Crippen LogP contribution in [0.3, 0.4) is 0 Å². The molecule has 8 rings (SSSR count). The quantitative estimate of drug-likeness (QED) is 0.215. The maximum absolute atomic E-state index is 15.2. The van der Waals surface area contributed by atoms with E-state index in [0.717, 1.165) is 66.8 Å². The van der Waals surface area contributed by atoms with Crippen LogP contribution in [0.15, 0.2) is 35.9 Å². The van der Waals surface area contributed by atoms with Crippen molar-refractivity contribution in [1.82, 2.24) is 9.88 Å². The number of cyclic esters (lactones) is 1. The normalized spacial score (nSPS) is 40.1. The van der Waals surface area contributed by atoms with Gasteiger partial charge < -0.3 is 42.8 Å². The first-order valence-corrected chi connectivity index (χ1v) is 24.0. The van der Waals surface area contributed by atoms with Gasteiger partial charge in [-0.15, -0.1) is 11.3 Å². The summed E-state index contributed by atoms with van der Waals surface area (Å²) in [5.74, 6) is -0.895. The number of nitrogens with zero attached hydrogens (tertiary/aromatic N) is 2. The van der Waals surface area contributed by atoms with E-state index >= 15 is 4.79 Å². The Balaban J connectivity index is 1.14. The van der Waals surface area contributed by atoms with Crippen molar-refractivity contribution in [2.75, 3.05) is 35.4 Å². The zero-order valence-electron chi connectivity index (χ0n) is 38.5. The van der Waals surface area contributed by atoms with Crippen molar-refractivity contribution in [2.45, 2.75) is 172 Å². The number of hydrogen-bond acceptors (Lipinski definition) is 13. The summed E-state index contributed by atoms with van der Waals surface area (Å²) in [5, 5.41) is 0.960. The molecular formula is C49H70N2O10S. The van der Waals surface area contributed by atoms with Gasteiger partial charge in [-0.1, -0.05) is 43.7 Å². The zero-order valence-corrected chi connectivity index (χ0v) is 39.3. The Morgan fingerprint density at radius 2 is 1.66 bits per heavy atom. The van der Waals surface area contributed by atoms with Crippen LogP contribution in [0.25, 0.3) is 10.6 Å². The first-order chi connectivity index (χ1) is 29.8. The van der Waals surface area contributed by atoms with Gasteiger partial charge in [0.1, 0.15) is 29.4 Å². The lowest BCUT2D eigenvalue weighted by atomic mass is 9.67. The molecule has 1 aromatic heterocycles. The summed E-state index contributed by atoms with van der Waals surface area (Å²) in [5.41, 5.74) is 3.97. The number of likely N-dealkylation sites (N-methyl/N-ethyl adjacent to an activating group) is 1. The number of allylic oxidation sites excluding steroid dienone is 2. The van der Waals surface area contributed by atoms with E-state index in [1.165, 1.54) is 10.4 Å². The lowest BCUT2D eigenvalue weighted by molar-refractivity contribution is -0.314. The van der Waals surface area contributed by atoms with Gasteiger partial charge in [0.25, 0.3) is 0 Å². The fraction of sp³-hybridized carbons (Fsp3) is 0.735. The second kappa shape index (κ2) is 19.5. The molecule has 4 heterocycles. The summed E-state index contributed by atoms with van der Waals surface area (Å²) in [4.78, 5) is 38.2. The number of aryl methyl sites for hydroxylation is 1. The van der Waals surface area contributed by atoms with Crippen LogP contribution in [0, 0.1) is 30.6 Å². The van der Waals surface area contributed by atoms with Crippen molar-refractivity contribution in [1.29, 1.82) is 0 Å². The van der Waals surface area contributed by atoms with Gasteiger partial charge in [0.15, 0.2) is 18.4 Å². The van der Waals surface area contributed by atoms with Crippen LogP contribution in [0.2, 0.25) is 0 Å². The molecule has 2 aromatic rings. The summed E-state index contributed by atoms with van der Waals surface area (Å²) in [6.07, 6.45) is 5.38. The summed E-state index contributed by atoms with van der Waals surface area (Å²) >= 11 is 1.75.